The van der Waals surface area contributed by atoms with Crippen LogP contribution in [0.25, 0.3) is 10.6 Å². The Balaban J connectivity index is 1.41. The number of rotatable bonds is 4. The molecule has 1 fully saturated rings. The van der Waals surface area contributed by atoms with E-state index in [0.717, 1.165) is 10.4 Å². The second-order valence-electron chi connectivity index (χ2n) is 8.52. The molecule has 0 spiro atoms. The predicted octanol–water partition coefficient (Wildman–Crippen LogP) is 3.85. The standard InChI is InChI=1S/C22H25N3O4S2/c1-22(2,3)16-6-8-17(9-7-16)31(27,28)25-12-10-24(11-13-25)21(26)18-15-19(29-23-18)20-5-4-14-30-20/h4-9,14-15H,10-13H2,1-3H3. The Bertz CT molecular complexity index is 1150. The smallest absolute Gasteiger partial charge is 0.276 e. The lowest BCUT2D eigenvalue weighted by atomic mass is 9.87. The van der Waals surface area contributed by atoms with Crippen LogP contribution in [-0.2, 0) is 15.4 Å². The van der Waals surface area contributed by atoms with Gasteiger partial charge in [0.2, 0.25) is 10.0 Å². The van der Waals surface area contributed by atoms with Crippen LogP contribution < -0.4 is 0 Å². The minimum atomic E-state index is -3.60. The lowest BCUT2D eigenvalue weighted by Crippen LogP contribution is -2.50. The highest BCUT2D eigenvalue weighted by atomic mass is 32.2. The third-order valence-corrected chi connectivity index (χ3v) is 8.17. The molecule has 1 amide bonds. The molecule has 0 radical (unpaired) electrons. The molecule has 3 heterocycles. The summed E-state index contributed by atoms with van der Waals surface area (Å²) in [5.41, 5.74) is 1.27. The molecule has 3 aromatic rings. The molecule has 9 heteroatoms. The number of aromatic nitrogens is 1. The number of carbonyl (C=O) groups is 1. The summed E-state index contributed by atoms with van der Waals surface area (Å²) < 4.78 is 32.8. The summed E-state index contributed by atoms with van der Waals surface area (Å²) >= 11 is 1.51. The fourth-order valence-electron chi connectivity index (χ4n) is 3.48. The quantitative estimate of drug-likeness (QED) is 0.592. The molecule has 1 aliphatic rings. The summed E-state index contributed by atoms with van der Waals surface area (Å²) in [4.78, 5) is 15.6. The van der Waals surface area contributed by atoms with Gasteiger partial charge in [-0.05, 0) is 34.6 Å². The van der Waals surface area contributed by atoms with Gasteiger partial charge in [-0.25, -0.2) is 8.42 Å². The highest BCUT2D eigenvalue weighted by Gasteiger charge is 2.31. The molecular weight excluding hydrogens is 434 g/mol. The summed E-state index contributed by atoms with van der Waals surface area (Å²) in [6.45, 7) is 7.36. The van der Waals surface area contributed by atoms with Crippen molar-refractivity contribution < 1.29 is 17.7 Å². The van der Waals surface area contributed by atoms with Crippen molar-refractivity contribution in [2.75, 3.05) is 26.2 Å². The van der Waals surface area contributed by atoms with Crippen LogP contribution in [0.2, 0.25) is 0 Å². The summed E-state index contributed by atoms with van der Waals surface area (Å²) in [5.74, 6) is 0.302. The molecule has 1 aromatic carbocycles. The largest absolute Gasteiger partial charge is 0.355 e. The summed E-state index contributed by atoms with van der Waals surface area (Å²) in [6, 6.07) is 12.5. The first-order chi connectivity index (χ1) is 14.7. The van der Waals surface area contributed by atoms with Crippen molar-refractivity contribution in [3.8, 4) is 10.6 Å². The first-order valence-electron chi connectivity index (χ1n) is 10.1. The third-order valence-electron chi connectivity index (χ3n) is 5.38. The maximum atomic E-state index is 13.0. The van der Waals surface area contributed by atoms with E-state index < -0.39 is 10.0 Å². The van der Waals surface area contributed by atoms with Gasteiger partial charge in [-0.15, -0.1) is 11.3 Å². The molecule has 31 heavy (non-hydrogen) atoms. The van der Waals surface area contributed by atoms with E-state index in [1.165, 1.54) is 15.6 Å². The fraction of sp³-hybridized carbons (Fsp3) is 0.364. The number of nitrogens with zero attached hydrogens (tertiary/aromatic N) is 3. The minimum Gasteiger partial charge on any atom is -0.355 e. The van der Waals surface area contributed by atoms with E-state index in [9.17, 15) is 13.2 Å². The van der Waals surface area contributed by atoms with Crippen LogP contribution in [0.5, 0.6) is 0 Å². The molecular formula is C22H25N3O4S2. The van der Waals surface area contributed by atoms with E-state index >= 15 is 0 Å². The van der Waals surface area contributed by atoms with E-state index in [1.807, 2.05) is 29.6 Å². The molecule has 0 N–H and O–H groups in total. The number of amides is 1. The maximum absolute atomic E-state index is 13.0. The molecule has 0 atom stereocenters. The van der Waals surface area contributed by atoms with Gasteiger partial charge in [0, 0.05) is 32.2 Å². The van der Waals surface area contributed by atoms with E-state index in [-0.39, 0.29) is 35.0 Å². The molecule has 164 valence electrons. The second kappa shape index (κ2) is 8.22. The van der Waals surface area contributed by atoms with Crippen molar-refractivity contribution in [1.82, 2.24) is 14.4 Å². The Labute approximate surface area is 186 Å². The monoisotopic (exact) mass is 459 g/mol. The molecule has 7 nitrogen and oxygen atoms in total. The SMILES string of the molecule is CC(C)(C)c1ccc(S(=O)(=O)N2CCN(C(=O)c3cc(-c4cccs4)on3)CC2)cc1. The van der Waals surface area contributed by atoms with Crippen LogP contribution in [0.4, 0.5) is 0 Å². The minimum absolute atomic E-state index is 0.0429. The van der Waals surface area contributed by atoms with E-state index in [2.05, 4.69) is 25.9 Å². The average molecular weight is 460 g/mol. The Morgan fingerprint density at radius 2 is 1.74 bits per heavy atom. The van der Waals surface area contributed by atoms with Gasteiger partial charge in [0.1, 0.15) is 0 Å². The first-order valence-corrected chi connectivity index (χ1v) is 12.4. The topological polar surface area (TPSA) is 83.7 Å². The van der Waals surface area contributed by atoms with Crippen LogP contribution in [0.15, 0.2) is 57.3 Å². The van der Waals surface area contributed by atoms with Crippen molar-refractivity contribution in [2.24, 2.45) is 0 Å². The highest BCUT2D eigenvalue weighted by Crippen LogP contribution is 2.27. The van der Waals surface area contributed by atoms with Crippen molar-refractivity contribution in [2.45, 2.75) is 31.1 Å². The Hall–Kier alpha value is -2.49. The van der Waals surface area contributed by atoms with Crippen molar-refractivity contribution in [1.29, 1.82) is 0 Å². The van der Waals surface area contributed by atoms with Crippen LogP contribution in [0.3, 0.4) is 0 Å². The Morgan fingerprint density at radius 3 is 2.32 bits per heavy atom. The van der Waals surface area contributed by atoms with Gasteiger partial charge in [0.25, 0.3) is 5.91 Å². The Kier molecular flexibility index (Phi) is 5.76. The summed E-state index contributed by atoms with van der Waals surface area (Å²) in [7, 11) is -3.60. The van der Waals surface area contributed by atoms with Gasteiger partial charge < -0.3 is 9.42 Å². The summed E-state index contributed by atoms with van der Waals surface area (Å²) in [6.07, 6.45) is 0. The molecule has 0 aliphatic carbocycles. The van der Waals surface area contributed by atoms with Gasteiger partial charge in [-0.3, -0.25) is 4.79 Å². The number of benzene rings is 1. The number of piperazine rings is 1. The van der Waals surface area contributed by atoms with Crippen LogP contribution in [0.1, 0.15) is 36.8 Å². The number of sulfonamides is 1. The molecule has 0 saturated carbocycles. The van der Waals surface area contributed by atoms with Gasteiger partial charge >= 0.3 is 0 Å². The molecule has 1 aliphatic heterocycles. The molecule has 1 saturated heterocycles. The fourth-order valence-corrected chi connectivity index (χ4v) is 5.58. The second-order valence-corrected chi connectivity index (χ2v) is 11.4. The zero-order chi connectivity index (χ0) is 22.2. The normalized spacial score (nSPS) is 15.9. The number of carbonyl (C=O) groups excluding carboxylic acids is 1. The van der Waals surface area contributed by atoms with Gasteiger partial charge in [-0.1, -0.05) is 44.1 Å². The van der Waals surface area contributed by atoms with E-state index in [0.29, 0.717) is 18.8 Å². The lowest BCUT2D eigenvalue weighted by molar-refractivity contribution is 0.0687. The van der Waals surface area contributed by atoms with Gasteiger partial charge in [0.15, 0.2) is 11.5 Å². The van der Waals surface area contributed by atoms with Crippen LogP contribution in [0, 0.1) is 0 Å². The van der Waals surface area contributed by atoms with E-state index in [4.69, 9.17) is 4.52 Å². The number of thiophene rings is 1. The Morgan fingerprint density at radius 1 is 1.06 bits per heavy atom. The molecule has 0 bridgehead atoms. The highest BCUT2D eigenvalue weighted by molar-refractivity contribution is 7.89. The number of hydrogen-bond donors (Lipinski definition) is 0. The van der Waals surface area contributed by atoms with Crippen molar-refractivity contribution in [3.05, 3.63) is 59.1 Å². The van der Waals surface area contributed by atoms with Gasteiger partial charge in [-0.2, -0.15) is 4.31 Å². The molecule has 4 rings (SSSR count). The average Bonchev–Trinajstić information content (AvgIpc) is 3.45. The maximum Gasteiger partial charge on any atom is 0.276 e. The van der Waals surface area contributed by atoms with Gasteiger partial charge in [0.05, 0.1) is 9.77 Å². The van der Waals surface area contributed by atoms with Crippen molar-refractivity contribution in [3.63, 3.8) is 0 Å². The first kappa shape index (κ1) is 21.7. The summed E-state index contributed by atoms with van der Waals surface area (Å²) in [5, 5.41) is 5.83. The molecule has 0 unspecified atom stereocenters. The van der Waals surface area contributed by atoms with Crippen LogP contribution >= 0.6 is 11.3 Å². The third kappa shape index (κ3) is 4.44. The van der Waals surface area contributed by atoms with Crippen LogP contribution in [-0.4, -0.2) is 54.9 Å². The lowest BCUT2D eigenvalue weighted by Gasteiger charge is -2.33. The predicted molar refractivity (Wildman–Crippen MR) is 120 cm³/mol. The zero-order valence-corrected chi connectivity index (χ0v) is 19.4. The zero-order valence-electron chi connectivity index (χ0n) is 17.7. The van der Waals surface area contributed by atoms with Crippen molar-refractivity contribution >= 4 is 27.3 Å². The van der Waals surface area contributed by atoms with E-state index in [1.54, 1.807) is 23.1 Å². The number of hydrogen-bond acceptors (Lipinski definition) is 6. The molecule has 2 aromatic heterocycles.